The van der Waals surface area contributed by atoms with Crippen LogP contribution in [0.3, 0.4) is 0 Å². The first-order chi connectivity index (χ1) is 15.2. The van der Waals surface area contributed by atoms with E-state index in [4.69, 9.17) is 16.7 Å². The highest BCUT2D eigenvalue weighted by molar-refractivity contribution is 6.30. The van der Waals surface area contributed by atoms with Gasteiger partial charge in [-0.05, 0) is 43.5 Å². The molecule has 1 amide bonds. The maximum Gasteiger partial charge on any atom is 0.292 e. The second-order valence-corrected chi connectivity index (χ2v) is 7.74. The Balaban J connectivity index is 1.43. The Kier molecular flexibility index (Phi) is 5.09. The summed E-state index contributed by atoms with van der Waals surface area (Å²) in [5, 5.41) is 16.6. The maximum atomic E-state index is 12.5. The van der Waals surface area contributed by atoms with Crippen molar-refractivity contribution in [2.45, 2.75) is 19.3 Å². The van der Waals surface area contributed by atoms with Crippen LogP contribution in [0.25, 0.3) is 16.9 Å². The number of rotatable bonds is 5. The molecule has 31 heavy (non-hydrogen) atoms. The van der Waals surface area contributed by atoms with Crippen LogP contribution in [0.15, 0.2) is 65.9 Å². The minimum atomic E-state index is -0.320. The summed E-state index contributed by atoms with van der Waals surface area (Å²) in [6.45, 7) is 0. The van der Waals surface area contributed by atoms with E-state index in [1.165, 1.54) is 0 Å². The molecule has 5 rings (SSSR count). The van der Waals surface area contributed by atoms with Crippen molar-refractivity contribution in [3.05, 3.63) is 88.3 Å². The Morgan fingerprint density at radius 3 is 2.74 bits per heavy atom. The number of aromatic nitrogens is 4. The van der Waals surface area contributed by atoms with Gasteiger partial charge in [0, 0.05) is 33.6 Å². The van der Waals surface area contributed by atoms with Gasteiger partial charge >= 0.3 is 0 Å². The zero-order valence-electron chi connectivity index (χ0n) is 16.5. The summed E-state index contributed by atoms with van der Waals surface area (Å²) in [5.41, 5.74) is 8.37. The third-order valence-corrected chi connectivity index (χ3v) is 5.52. The van der Waals surface area contributed by atoms with Crippen molar-refractivity contribution in [1.29, 1.82) is 0 Å². The van der Waals surface area contributed by atoms with Crippen molar-refractivity contribution < 1.29 is 4.79 Å². The second-order valence-electron chi connectivity index (χ2n) is 7.30. The molecule has 2 aromatic carbocycles. The predicted octanol–water partition coefficient (Wildman–Crippen LogP) is 4.17. The maximum absolute atomic E-state index is 12.5. The number of halogens is 1. The molecule has 2 aromatic heterocycles. The fourth-order valence-corrected chi connectivity index (χ4v) is 3.87. The molecular weight excluding hydrogens is 412 g/mol. The number of nitrogens with zero attached hydrogens (tertiary/aromatic N) is 4. The summed E-state index contributed by atoms with van der Waals surface area (Å²) >= 11 is 6.04. The highest BCUT2D eigenvalue weighted by Crippen LogP contribution is 2.25. The number of carbonyl (C=O) groups excluding carboxylic acids is 1. The lowest BCUT2D eigenvalue weighted by atomic mass is 10.1. The number of fused-ring (bicyclic) bond motifs is 1. The molecule has 1 aliphatic rings. The van der Waals surface area contributed by atoms with E-state index in [1.807, 2.05) is 60.8 Å². The van der Waals surface area contributed by atoms with E-state index in [9.17, 15) is 4.79 Å². The van der Waals surface area contributed by atoms with Gasteiger partial charge in [-0.3, -0.25) is 9.89 Å². The molecule has 0 spiro atoms. The first kappa shape index (κ1) is 19.3. The van der Waals surface area contributed by atoms with Gasteiger partial charge in [-0.25, -0.2) is 10.1 Å². The normalized spacial score (nSPS) is 12.9. The average molecular weight is 431 g/mol. The number of carbonyl (C=O) groups is 1. The van der Waals surface area contributed by atoms with Crippen LogP contribution in [0.5, 0.6) is 0 Å². The van der Waals surface area contributed by atoms with Gasteiger partial charge in [-0.2, -0.15) is 15.3 Å². The monoisotopic (exact) mass is 430 g/mol. The Morgan fingerprint density at radius 1 is 1.13 bits per heavy atom. The molecule has 0 fully saturated rings. The molecule has 1 aliphatic carbocycles. The Hall–Kier alpha value is -3.71. The Morgan fingerprint density at radius 2 is 1.94 bits per heavy atom. The highest BCUT2D eigenvalue weighted by Gasteiger charge is 2.22. The van der Waals surface area contributed by atoms with Crippen LogP contribution in [-0.4, -0.2) is 32.1 Å². The van der Waals surface area contributed by atoms with Crippen LogP contribution in [0, 0.1) is 0 Å². The quantitative estimate of drug-likeness (QED) is 0.368. The fourth-order valence-electron chi connectivity index (χ4n) is 3.75. The first-order valence-electron chi connectivity index (χ1n) is 9.99. The highest BCUT2D eigenvalue weighted by atomic mass is 35.5. The van der Waals surface area contributed by atoms with Crippen molar-refractivity contribution in [3.63, 3.8) is 0 Å². The lowest BCUT2D eigenvalue weighted by Gasteiger charge is -2.01. The van der Waals surface area contributed by atoms with E-state index in [2.05, 4.69) is 20.7 Å². The molecule has 0 radical (unpaired) electrons. The zero-order valence-corrected chi connectivity index (χ0v) is 17.3. The Labute approximate surface area is 183 Å². The number of aromatic amines is 1. The second kappa shape index (κ2) is 8.20. The molecule has 7 nitrogen and oxygen atoms in total. The van der Waals surface area contributed by atoms with Crippen LogP contribution in [0.2, 0.25) is 5.02 Å². The van der Waals surface area contributed by atoms with Crippen molar-refractivity contribution in [2.75, 3.05) is 0 Å². The van der Waals surface area contributed by atoms with Crippen molar-refractivity contribution in [2.24, 2.45) is 5.10 Å². The number of para-hydroxylation sites is 1. The summed E-state index contributed by atoms with van der Waals surface area (Å²) < 4.78 is 1.79. The standard InChI is InChI=1S/C23H19ClN6O/c24-17-11-9-15(10-12-17)21-16(14-30(29-21)18-5-2-1-3-6-18)13-25-28-23(31)22-19-7-4-8-20(19)26-27-22/h1-3,5-6,9-14H,4,7-8H2,(H,26,27)(H,28,31)/b25-13+. The molecule has 0 bridgehead atoms. The molecule has 0 atom stereocenters. The molecule has 4 aromatic rings. The number of amides is 1. The summed E-state index contributed by atoms with van der Waals surface area (Å²) in [5.74, 6) is -0.320. The minimum absolute atomic E-state index is 0.320. The number of nitrogens with one attached hydrogen (secondary N) is 2. The van der Waals surface area contributed by atoms with Gasteiger partial charge in [0.05, 0.1) is 11.9 Å². The smallest absolute Gasteiger partial charge is 0.281 e. The number of benzene rings is 2. The SMILES string of the molecule is O=C(N/N=C/c1cn(-c2ccccc2)nc1-c1ccc(Cl)cc1)c1n[nH]c2c1CCC2. The topological polar surface area (TPSA) is 88.0 Å². The predicted molar refractivity (Wildman–Crippen MR) is 120 cm³/mol. The van der Waals surface area contributed by atoms with Crippen LogP contribution >= 0.6 is 11.6 Å². The number of hydrogen-bond acceptors (Lipinski definition) is 4. The van der Waals surface area contributed by atoms with E-state index in [0.717, 1.165) is 53.0 Å². The van der Waals surface area contributed by atoms with E-state index in [0.29, 0.717) is 10.7 Å². The van der Waals surface area contributed by atoms with Crippen molar-refractivity contribution >= 4 is 23.7 Å². The summed E-state index contributed by atoms with van der Waals surface area (Å²) in [4.78, 5) is 12.5. The summed E-state index contributed by atoms with van der Waals surface area (Å²) in [7, 11) is 0. The van der Waals surface area contributed by atoms with Gasteiger partial charge in [-0.15, -0.1) is 0 Å². The van der Waals surface area contributed by atoms with E-state index in [-0.39, 0.29) is 5.91 Å². The van der Waals surface area contributed by atoms with Gasteiger partial charge in [-0.1, -0.05) is 41.9 Å². The first-order valence-corrected chi connectivity index (χ1v) is 10.4. The third kappa shape index (κ3) is 3.87. The van der Waals surface area contributed by atoms with Crippen LogP contribution in [0.1, 0.15) is 33.7 Å². The molecule has 2 heterocycles. The van der Waals surface area contributed by atoms with Gasteiger partial charge in [0.15, 0.2) is 5.69 Å². The van der Waals surface area contributed by atoms with Crippen molar-refractivity contribution in [1.82, 2.24) is 25.4 Å². The zero-order chi connectivity index (χ0) is 21.2. The molecular formula is C23H19ClN6O. The van der Waals surface area contributed by atoms with Crippen LogP contribution < -0.4 is 5.43 Å². The molecule has 154 valence electrons. The van der Waals surface area contributed by atoms with Crippen molar-refractivity contribution in [3.8, 4) is 16.9 Å². The third-order valence-electron chi connectivity index (χ3n) is 5.27. The molecule has 0 saturated carbocycles. The van der Waals surface area contributed by atoms with E-state index in [1.54, 1.807) is 10.9 Å². The lowest BCUT2D eigenvalue weighted by Crippen LogP contribution is -2.19. The fraction of sp³-hybridized carbons (Fsp3) is 0.130. The number of H-pyrrole nitrogens is 1. The summed E-state index contributed by atoms with van der Waals surface area (Å²) in [6.07, 6.45) is 6.31. The molecule has 8 heteroatoms. The van der Waals surface area contributed by atoms with Gasteiger partial charge < -0.3 is 0 Å². The largest absolute Gasteiger partial charge is 0.292 e. The van der Waals surface area contributed by atoms with Gasteiger partial charge in [0.2, 0.25) is 0 Å². The summed E-state index contributed by atoms with van der Waals surface area (Å²) in [6, 6.07) is 17.3. The van der Waals surface area contributed by atoms with E-state index < -0.39 is 0 Å². The molecule has 0 saturated heterocycles. The van der Waals surface area contributed by atoms with Gasteiger partial charge in [0.1, 0.15) is 5.69 Å². The molecule has 2 N–H and O–H groups in total. The van der Waals surface area contributed by atoms with Crippen LogP contribution in [-0.2, 0) is 12.8 Å². The molecule has 0 aliphatic heterocycles. The Bertz CT molecular complexity index is 1260. The van der Waals surface area contributed by atoms with Gasteiger partial charge in [0.25, 0.3) is 5.91 Å². The average Bonchev–Trinajstić information content (AvgIpc) is 3.51. The number of hydrogen-bond donors (Lipinski definition) is 2. The van der Waals surface area contributed by atoms with Crippen LogP contribution in [0.4, 0.5) is 0 Å². The van der Waals surface area contributed by atoms with E-state index >= 15 is 0 Å². The minimum Gasteiger partial charge on any atom is -0.281 e. The number of hydrazone groups is 1. The number of aryl methyl sites for hydroxylation is 1. The molecule has 0 unspecified atom stereocenters. The lowest BCUT2D eigenvalue weighted by molar-refractivity contribution is 0.0949.